The summed E-state index contributed by atoms with van der Waals surface area (Å²) in [5.41, 5.74) is 0. The first-order chi connectivity index (χ1) is 5.08. The summed E-state index contributed by atoms with van der Waals surface area (Å²) in [4.78, 5) is 0. The highest BCUT2D eigenvalue weighted by molar-refractivity contribution is 6.76. The second-order valence-electron chi connectivity index (χ2n) is 4.43. The summed E-state index contributed by atoms with van der Waals surface area (Å²) in [7, 11) is -0.836. The van der Waals surface area contributed by atoms with Crippen molar-refractivity contribution in [1.29, 1.82) is 0 Å². The number of rotatable bonds is 4. The molecule has 0 aromatic carbocycles. The lowest BCUT2D eigenvalue weighted by molar-refractivity contribution is 0.410. The van der Waals surface area contributed by atoms with Gasteiger partial charge in [-0.1, -0.05) is 31.8 Å². The SMILES string of the molecule is C[Si](C)(C)C/C=C\C[C@@H]1CO1. The molecule has 2 heteroatoms. The van der Waals surface area contributed by atoms with Crippen molar-refractivity contribution in [1.82, 2.24) is 0 Å². The van der Waals surface area contributed by atoms with E-state index in [2.05, 4.69) is 31.8 Å². The van der Waals surface area contributed by atoms with Gasteiger partial charge in [0.1, 0.15) is 0 Å². The second kappa shape index (κ2) is 3.54. The zero-order chi connectivity index (χ0) is 8.32. The van der Waals surface area contributed by atoms with E-state index in [-0.39, 0.29) is 0 Å². The van der Waals surface area contributed by atoms with Crippen LogP contribution < -0.4 is 0 Å². The van der Waals surface area contributed by atoms with Crippen molar-refractivity contribution >= 4 is 8.07 Å². The van der Waals surface area contributed by atoms with Gasteiger partial charge in [-0.15, -0.1) is 0 Å². The van der Waals surface area contributed by atoms with E-state index in [1.54, 1.807) is 0 Å². The molecule has 1 atom stereocenters. The van der Waals surface area contributed by atoms with Crippen LogP contribution in [0.3, 0.4) is 0 Å². The zero-order valence-corrected chi connectivity index (χ0v) is 8.76. The van der Waals surface area contributed by atoms with Crippen LogP contribution in [0.4, 0.5) is 0 Å². The summed E-state index contributed by atoms with van der Waals surface area (Å²) in [6, 6.07) is 1.31. The van der Waals surface area contributed by atoms with Crippen LogP contribution in [0.2, 0.25) is 25.7 Å². The van der Waals surface area contributed by atoms with Crippen molar-refractivity contribution in [2.45, 2.75) is 38.2 Å². The lowest BCUT2D eigenvalue weighted by Gasteiger charge is -2.11. The Labute approximate surface area is 70.5 Å². The van der Waals surface area contributed by atoms with E-state index in [0.29, 0.717) is 6.10 Å². The first kappa shape index (κ1) is 9.01. The number of allylic oxidation sites excluding steroid dienone is 1. The molecule has 0 radical (unpaired) electrons. The Morgan fingerprint density at radius 2 is 2.00 bits per heavy atom. The fraction of sp³-hybridized carbons (Fsp3) is 0.778. The van der Waals surface area contributed by atoms with Crippen molar-refractivity contribution in [3.63, 3.8) is 0 Å². The highest BCUT2D eigenvalue weighted by Gasteiger charge is 2.20. The highest BCUT2D eigenvalue weighted by atomic mass is 28.3. The van der Waals surface area contributed by atoms with Gasteiger partial charge in [0.15, 0.2) is 0 Å². The third kappa shape index (κ3) is 5.22. The zero-order valence-electron chi connectivity index (χ0n) is 7.76. The summed E-state index contributed by atoms with van der Waals surface area (Å²) < 4.78 is 5.10. The molecule has 1 aliphatic heterocycles. The predicted octanol–water partition coefficient (Wildman–Crippen LogP) is 2.67. The summed E-state index contributed by atoms with van der Waals surface area (Å²) in [5, 5.41) is 0. The van der Waals surface area contributed by atoms with E-state index in [1.165, 1.54) is 6.04 Å². The number of ether oxygens (including phenoxy) is 1. The van der Waals surface area contributed by atoms with Crippen molar-refractivity contribution in [2.24, 2.45) is 0 Å². The minimum atomic E-state index is -0.836. The average molecular weight is 170 g/mol. The van der Waals surface area contributed by atoms with Gasteiger partial charge in [-0.05, 0) is 12.5 Å². The van der Waals surface area contributed by atoms with Crippen LogP contribution in [0.5, 0.6) is 0 Å². The summed E-state index contributed by atoms with van der Waals surface area (Å²) in [5.74, 6) is 0. The monoisotopic (exact) mass is 170 g/mol. The maximum absolute atomic E-state index is 5.10. The van der Waals surface area contributed by atoms with Gasteiger partial charge in [-0.3, -0.25) is 0 Å². The first-order valence-electron chi connectivity index (χ1n) is 4.34. The van der Waals surface area contributed by atoms with Crippen molar-refractivity contribution in [2.75, 3.05) is 6.61 Å². The third-order valence-corrected chi connectivity index (χ3v) is 3.16. The molecule has 0 aromatic rings. The molecular formula is C9H18OSi. The van der Waals surface area contributed by atoms with E-state index in [4.69, 9.17) is 4.74 Å². The molecule has 1 saturated heterocycles. The van der Waals surface area contributed by atoms with Crippen molar-refractivity contribution < 1.29 is 4.74 Å². The fourth-order valence-electron chi connectivity index (χ4n) is 0.889. The van der Waals surface area contributed by atoms with Crippen molar-refractivity contribution in [3.05, 3.63) is 12.2 Å². The largest absolute Gasteiger partial charge is 0.373 e. The van der Waals surface area contributed by atoms with Crippen LogP contribution in [-0.4, -0.2) is 20.8 Å². The molecule has 0 aliphatic carbocycles. The lowest BCUT2D eigenvalue weighted by Crippen LogP contribution is -2.17. The minimum absolute atomic E-state index is 0.563. The highest BCUT2D eigenvalue weighted by Crippen LogP contribution is 2.15. The van der Waals surface area contributed by atoms with E-state index in [1.807, 2.05) is 0 Å². The van der Waals surface area contributed by atoms with Gasteiger partial charge >= 0.3 is 0 Å². The normalized spacial score (nSPS) is 24.5. The van der Waals surface area contributed by atoms with E-state index < -0.39 is 8.07 Å². The molecule has 11 heavy (non-hydrogen) atoms. The fourth-order valence-corrected chi connectivity index (χ4v) is 1.76. The average Bonchev–Trinajstić information content (AvgIpc) is 2.60. The molecule has 0 spiro atoms. The molecule has 0 saturated carbocycles. The first-order valence-corrected chi connectivity index (χ1v) is 8.05. The number of epoxide rings is 1. The molecule has 0 amide bonds. The number of hydrogen-bond donors (Lipinski definition) is 0. The molecule has 0 unspecified atom stereocenters. The van der Waals surface area contributed by atoms with Crippen LogP contribution in [0.15, 0.2) is 12.2 Å². The predicted molar refractivity (Wildman–Crippen MR) is 51.7 cm³/mol. The van der Waals surface area contributed by atoms with Gasteiger partial charge in [0.05, 0.1) is 12.7 Å². The van der Waals surface area contributed by atoms with E-state index in [0.717, 1.165) is 13.0 Å². The minimum Gasteiger partial charge on any atom is -0.373 e. The summed E-state index contributed by atoms with van der Waals surface area (Å²) in [6.45, 7) is 8.16. The lowest BCUT2D eigenvalue weighted by atomic mass is 10.3. The van der Waals surface area contributed by atoms with Crippen LogP contribution >= 0.6 is 0 Å². The Hall–Kier alpha value is -0.0831. The molecule has 0 bridgehead atoms. The molecule has 0 aromatic heterocycles. The Morgan fingerprint density at radius 1 is 1.36 bits per heavy atom. The molecule has 64 valence electrons. The molecule has 1 aliphatic rings. The van der Waals surface area contributed by atoms with Gasteiger partial charge in [-0.25, -0.2) is 0 Å². The Morgan fingerprint density at radius 3 is 2.45 bits per heavy atom. The molecule has 1 nitrogen and oxygen atoms in total. The van der Waals surface area contributed by atoms with Crippen LogP contribution in [0.25, 0.3) is 0 Å². The van der Waals surface area contributed by atoms with Gasteiger partial charge in [0.25, 0.3) is 0 Å². The molecule has 1 heterocycles. The molecule has 0 N–H and O–H groups in total. The molecule has 1 fully saturated rings. The topological polar surface area (TPSA) is 12.5 Å². The van der Waals surface area contributed by atoms with E-state index in [9.17, 15) is 0 Å². The van der Waals surface area contributed by atoms with Crippen LogP contribution in [0, 0.1) is 0 Å². The van der Waals surface area contributed by atoms with Gasteiger partial charge in [-0.2, -0.15) is 0 Å². The summed E-state index contributed by atoms with van der Waals surface area (Å²) in [6.07, 6.45) is 6.29. The Kier molecular flexibility index (Phi) is 2.90. The van der Waals surface area contributed by atoms with Crippen LogP contribution in [0.1, 0.15) is 6.42 Å². The molecule has 1 rings (SSSR count). The van der Waals surface area contributed by atoms with Gasteiger partial charge in [0, 0.05) is 8.07 Å². The molecular weight excluding hydrogens is 152 g/mol. The maximum atomic E-state index is 5.10. The summed E-state index contributed by atoms with van der Waals surface area (Å²) >= 11 is 0. The van der Waals surface area contributed by atoms with Crippen LogP contribution in [-0.2, 0) is 4.74 Å². The maximum Gasteiger partial charge on any atom is 0.0844 e. The smallest absolute Gasteiger partial charge is 0.0844 e. The Bertz CT molecular complexity index is 142. The quantitative estimate of drug-likeness (QED) is 0.359. The van der Waals surface area contributed by atoms with Crippen molar-refractivity contribution in [3.8, 4) is 0 Å². The van der Waals surface area contributed by atoms with Gasteiger partial charge < -0.3 is 4.74 Å². The standard InChI is InChI=1S/C9H18OSi/c1-11(2,3)7-5-4-6-9-8-10-9/h4-5,9H,6-8H2,1-3H3/b5-4-/t9-/m1/s1. The van der Waals surface area contributed by atoms with Gasteiger partial charge in [0.2, 0.25) is 0 Å². The second-order valence-corrected chi connectivity index (χ2v) is 9.96. The van der Waals surface area contributed by atoms with E-state index >= 15 is 0 Å². The third-order valence-electron chi connectivity index (χ3n) is 1.70. The number of hydrogen-bond acceptors (Lipinski definition) is 1. The Balaban J connectivity index is 2.04.